The summed E-state index contributed by atoms with van der Waals surface area (Å²) in [6.07, 6.45) is 4.93. The van der Waals surface area contributed by atoms with E-state index < -0.39 is 0 Å². The average molecular weight is 460 g/mol. The first-order valence-electron chi connectivity index (χ1n) is 10.6. The van der Waals surface area contributed by atoms with Crippen LogP contribution in [0.15, 0.2) is 35.4 Å². The van der Waals surface area contributed by atoms with E-state index in [0.717, 1.165) is 47.0 Å². The minimum Gasteiger partial charge on any atom is -0.465 e. The van der Waals surface area contributed by atoms with E-state index in [9.17, 15) is 9.59 Å². The molecule has 1 atom stereocenters. The zero-order valence-corrected chi connectivity index (χ0v) is 19.3. The highest BCUT2D eigenvalue weighted by molar-refractivity contribution is 7.18. The number of thiophene rings is 1. The van der Waals surface area contributed by atoms with E-state index in [1.165, 1.54) is 4.88 Å². The zero-order valence-electron chi connectivity index (χ0n) is 17.8. The number of fused-ring (bicyclic) bond motifs is 3. The number of esters is 1. The summed E-state index contributed by atoms with van der Waals surface area (Å²) < 4.78 is 6.78. The van der Waals surface area contributed by atoms with Gasteiger partial charge >= 0.3 is 5.97 Å². The molecule has 1 aliphatic carbocycles. The lowest BCUT2D eigenvalue weighted by Gasteiger charge is -2.30. The van der Waals surface area contributed by atoms with Gasteiger partial charge in [0.05, 0.1) is 24.9 Å². The minimum atomic E-state index is -0.198. The maximum Gasteiger partial charge on any atom is 0.320 e. The first-order chi connectivity index (χ1) is 15.0. The highest BCUT2D eigenvalue weighted by atomic mass is 35.5. The summed E-state index contributed by atoms with van der Waals surface area (Å²) in [6.45, 7) is 3.06. The van der Waals surface area contributed by atoms with Gasteiger partial charge in [0.2, 0.25) is 0 Å². The van der Waals surface area contributed by atoms with Crippen LogP contribution in [0.2, 0.25) is 5.02 Å². The lowest BCUT2D eigenvalue weighted by atomic mass is 9.92. The summed E-state index contributed by atoms with van der Waals surface area (Å²) in [5.74, 6) is -0.198. The number of nitrogens with zero attached hydrogens (tertiary/aromatic N) is 3. The molecule has 1 aliphatic rings. The fourth-order valence-corrected chi connectivity index (χ4v) is 5.66. The highest BCUT2D eigenvalue weighted by Crippen LogP contribution is 2.34. The smallest absolute Gasteiger partial charge is 0.320 e. The number of carbonyl (C=O) groups is 1. The van der Waals surface area contributed by atoms with Crippen LogP contribution in [-0.2, 0) is 35.3 Å². The van der Waals surface area contributed by atoms with E-state index in [1.54, 1.807) is 22.2 Å². The number of aryl methyl sites for hydroxylation is 3. The monoisotopic (exact) mass is 459 g/mol. The Hall–Kier alpha value is -2.22. The first-order valence-corrected chi connectivity index (χ1v) is 11.8. The molecular formula is C23H26ClN3O3S. The largest absolute Gasteiger partial charge is 0.465 e. The predicted molar refractivity (Wildman–Crippen MR) is 124 cm³/mol. The molecule has 31 heavy (non-hydrogen) atoms. The van der Waals surface area contributed by atoms with Crippen LogP contribution in [-0.4, -0.2) is 46.7 Å². The summed E-state index contributed by atoms with van der Waals surface area (Å²) in [7, 11) is 1.96. The summed E-state index contributed by atoms with van der Waals surface area (Å²) in [5.41, 5.74) is 2.26. The Kier molecular flexibility index (Phi) is 6.74. The van der Waals surface area contributed by atoms with Crippen LogP contribution in [0.1, 0.15) is 29.3 Å². The Balaban J connectivity index is 1.52. The average Bonchev–Trinajstić information content (AvgIpc) is 3.12. The fraction of sp³-hybridized carbons (Fsp3) is 0.435. The third-order valence-corrected chi connectivity index (χ3v) is 7.24. The molecular weight excluding hydrogens is 434 g/mol. The van der Waals surface area contributed by atoms with Gasteiger partial charge in [-0.05, 0) is 62.9 Å². The van der Waals surface area contributed by atoms with Crippen molar-refractivity contribution in [1.29, 1.82) is 0 Å². The van der Waals surface area contributed by atoms with Crippen molar-refractivity contribution in [1.82, 2.24) is 14.5 Å². The van der Waals surface area contributed by atoms with Crippen molar-refractivity contribution in [3.05, 3.63) is 62.0 Å². The molecule has 0 aliphatic heterocycles. The quantitative estimate of drug-likeness (QED) is 0.504. The van der Waals surface area contributed by atoms with Crippen molar-refractivity contribution < 1.29 is 9.53 Å². The number of benzene rings is 1. The lowest BCUT2D eigenvalue weighted by Crippen LogP contribution is -2.39. The predicted octanol–water partition coefficient (Wildman–Crippen LogP) is 3.71. The van der Waals surface area contributed by atoms with Gasteiger partial charge in [-0.3, -0.25) is 19.1 Å². The maximum atomic E-state index is 13.2. The second-order valence-corrected chi connectivity index (χ2v) is 9.44. The number of aromatic nitrogens is 2. The summed E-state index contributed by atoms with van der Waals surface area (Å²) >= 11 is 7.67. The molecule has 0 fully saturated rings. The van der Waals surface area contributed by atoms with E-state index in [0.29, 0.717) is 18.2 Å². The number of carbonyl (C=O) groups excluding carboxylic acids is 1. The van der Waals surface area contributed by atoms with E-state index in [2.05, 4.69) is 9.88 Å². The third kappa shape index (κ3) is 4.84. The molecule has 1 aromatic carbocycles. The van der Waals surface area contributed by atoms with Gasteiger partial charge in [-0.1, -0.05) is 23.7 Å². The van der Waals surface area contributed by atoms with Crippen molar-refractivity contribution in [3.8, 4) is 0 Å². The van der Waals surface area contributed by atoms with E-state index in [-0.39, 0.29) is 24.1 Å². The molecule has 0 saturated heterocycles. The van der Waals surface area contributed by atoms with Crippen LogP contribution in [0.5, 0.6) is 0 Å². The summed E-state index contributed by atoms with van der Waals surface area (Å²) in [5, 5.41) is 1.47. The second kappa shape index (κ2) is 9.51. The molecule has 0 amide bonds. The maximum absolute atomic E-state index is 13.2. The highest BCUT2D eigenvalue weighted by Gasteiger charge is 2.28. The first kappa shape index (κ1) is 22.0. The number of halogens is 1. The molecule has 6 nitrogen and oxygen atoms in total. The number of rotatable bonds is 7. The van der Waals surface area contributed by atoms with Crippen LogP contribution >= 0.6 is 22.9 Å². The molecule has 164 valence electrons. The van der Waals surface area contributed by atoms with Crippen LogP contribution in [0.3, 0.4) is 0 Å². The van der Waals surface area contributed by atoms with Gasteiger partial charge in [-0.2, -0.15) is 0 Å². The Labute approximate surface area is 190 Å². The molecule has 8 heteroatoms. The minimum absolute atomic E-state index is 0.0304. The summed E-state index contributed by atoms with van der Waals surface area (Å²) in [6, 6.07) is 7.97. The van der Waals surface area contributed by atoms with E-state index in [1.807, 2.05) is 38.2 Å². The van der Waals surface area contributed by atoms with Crippen molar-refractivity contribution in [3.63, 3.8) is 0 Å². The normalized spacial score (nSPS) is 15.9. The van der Waals surface area contributed by atoms with Crippen LogP contribution < -0.4 is 5.56 Å². The van der Waals surface area contributed by atoms with Crippen molar-refractivity contribution in [2.75, 3.05) is 20.2 Å². The SMILES string of the molecule is CCOC(=O)CN(C)[C@@H]1CCc2c(sc3ncn(CCc4cccc(Cl)c4)c(=O)c23)C1. The van der Waals surface area contributed by atoms with E-state index in [4.69, 9.17) is 16.3 Å². The number of ether oxygens (including phenoxy) is 1. The molecule has 0 bridgehead atoms. The van der Waals surface area contributed by atoms with Crippen LogP contribution in [0, 0.1) is 0 Å². The zero-order chi connectivity index (χ0) is 22.0. The van der Waals surface area contributed by atoms with Crippen molar-refractivity contribution >= 4 is 39.1 Å². The van der Waals surface area contributed by atoms with Gasteiger partial charge in [0.15, 0.2) is 0 Å². The Bertz CT molecular complexity index is 1160. The third-order valence-electron chi connectivity index (χ3n) is 5.85. The van der Waals surface area contributed by atoms with Gasteiger partial charge in [0, 0.05) is 22.5 Å². The van der Waals surface area contributed by atoms with E-state index >= 15 is 0 Å². The standard InChI is InChI=1S/C23H26ClN3O3S/c1-3-30-20(28)13-26(2)17-7-8-18-19(12-17)31-22-21(18)23(29)27(14-25-22)10-9-15-5-4-6-16(24)11-15/h4-6,11,14,17H,3,7-10,12-13H2,1-2H3/t17-/m1/s1. The molecule has 2 heterocycles. The number of hydrogen-bond acceptors (Lipinski definition) is 6. The molecule has 0 spiro atoms. The molecule has 0 saturated carbocycles. The van der Waals surface area contributed by atoms with Crippen molar-refractivity contribution in [2.45, 2.75) is 45.2 Å². The Morgan fingerprint density at radius 1 is 1.42 bits per heavy atom. The Morgan fingerprint density at radius 2 is 2.26 bits per heavy atom. The molecule has 0 radical (unpaired) electrons. The Morgan fingerprint density at radius 3 is 3.03 bits per heavy atom. The van der Waals surface area contributed by atoms with Crippen molar-refractivity contribution in [2.24, 2.45) is 0 Å². The second-order valence-electron chi connectivity index (χ2n) is 7.92. The van der Waals surface area contributed by atoms with Crippen LogP contribution in [0.4, 0.5) is 0 Å². The number of likely N-dealkylation sites (N-methyl/N-ethyl adjacent to an activating group) is 1. The lowest BCUT2D eigenvalue weighted by molar-refractivity contribution is -0.144. The molecule has 4 rings (SSSR count). The molecule has 0 N–H and O–H groups in total. The topological polar surface area (TPSA) is 64.4 Å². The van der Waals surface area contributed by atoms with Crippen LogP contribution in [0.25, 0.3) is 10.2 Å². The van der Waals surface area contributed by atoms with Gasteiger partial charge in [-0.25, -0.2) is 4.98 Å². The molecule has 3 aromatic rings. The number of hydrogen-bond donors (Lipinski definition) is 0. The van der Waals surface area contributed by atoms with Gasteiger partial charge in [0.1, 0.15) is 4.83 Å². The molecule has 2 aromatic heterocycles. The van der Waals surface area contributed by atoms with Gasteiger partial charge < -0.3 is 4.74 Å². The summed E-state index contributed by atoms with van der Waals surface area (Å²) in [4.78, 5) is 33.7. The van der Waals surface area contributed by atoms with Gasteiger partial charge in [-0.15, -0.1) is 11.3 Å². The fourth-order valence-electron chi connectivity index (χ4n) is 4.20. The molecule has 0 unspecified atom stereocenters. The van der Waals surface area contributed by atoms with Gasteiger partial charge in [0.25, 0.3) is 5.56 Å².